The Balaban J connectivity index is 1.90. The van der Waals surface area contributed by atoms with Crippen molar-refractivity contribution in [1.82, 2.24) is 25.1 Å². The molecule has 7 heteroatoms. The largest absolute Gasteiger partial charge is 0.486 e. The molecule has 1 amide bonds. The molecule has 3 rings (SSSR count). The fourth-order valence-electron chi connectivity index (χ4n) is 2.58. The van der Waals surface area contributed by atoms with Crippen LogP contribution in [0, 0.1) is 0 Å². The van der Waals surface area contributed by atoms with Crippen LogP contribution in [0.5, 0.6) is 5.75 Å². The highest BCUT2D eigenvalue weighted by molar-refractivity contribution is 5.73. The average molecular weight is 351 g/mol. The van der Waals surface area contributed by atoms with E-state index in [1.807, 2.05) is 49.4 Å². The molecule has 0 fully saturated rings. The topological polar surface area (TPSA) is 81.9 Å². The maximum absolute atomic E-state index is 11.5. The predicted molar refractivity (Wildman–Crippen MR) is 96.8 cm³/mol. The van der Waals surface area contributed by atoms with E-state index in [1.54, 1.807) is 17.1 Å². The molecular weight excluding hydrogens is 330 g/mol. The number of ether oxygens (including phenoxy) is 1. The molecule has 0 spiro atoms. The Kier molecular flexibility index (Phi) is 5.58. The summed E-state index contributed by atoms with van der Waals surface area (Å²) < 4.78 is 7.46. The summed E-state index contributed by atoms with van der Waals surface area (Å²) in [5.41, 5.74) is 0.782. The lowest BCUT2D eigenvalue weighted by molar-refractivity contribution is -0.119. The van der Waals surface area contributed by atoms with Gasteiger partial charge >= 0.3 is 0 Å². The maximum Gasteiger partial charge on any atom is 0.217 e. The minimum absolute atomic E-state index is 0.111. The number of hydrogen-bond acceptors (Lipinski definition) is 5. The van der Waals surface area contributed by atoms with Crippen LogP contribution in [-0.4, -0.2) is 25.7 Å². The smallest absolute Gasteiger partial charge is 0.217 e. The Morgan fingerprint density at radius 2 is 2.04 bits per heavy atom. The number of carbonyl (C=O) groups excluding carboxylic acids is 1. The van der Waals surface area contributed by atoms with Gasteiger partial charge in [-0.3, -0.25) is 9.78 Å². The molecule has 1 atom stereocenters. The number of amides is 1. The molecule has 1 aromatic carbocycles. The normalized spacial score (nSPS) is 11.8. The van der Waals surface area contributed by atoms with Gasteiger partial charge in [0.2, 0.25) is 5.91 Å². The minimum atomic E-state index is -0.245. The number of nitrogens with one attached hydrogen (secondary N) is 1. The lowest BCUT2D eigenvalue weighted by Gasteiger charge is -2.15. The fourth-order valence-corrected chi connectivity index (χ4v) is 2.58. The van der Waals surface area contributed by atoms with Gasteiger partial charge in [-0.05, 0) is 30.7 Å². The van der Waals surface area contributed by atoms with Gasteiger partial charge in [-0.2, -0.15) is 0 Å². The van der Waals surface area contributed by atoms with Crippen molar-refractivity contribution >= 4 is 5.91 Å². The number of hydrogen-bond donors (Lipinski definition) is 1. The number of nitrogens with zero attached hydrogens (tertiary/aromatic N) is 4. The zero-order chi connectivity index (χ0) is 18.4. The monoisotopic (exact) mass is 351 g/mol. The Hall–Kier alpha value is -3.22. The molecule has 1 N–H and O–H groups in total. The Labute approximate surface area is 152 Å². The highest BCUT2D eigenvalue weighted by Gasteiger charge is 2.21. The zero-order valence-electron chi connectivity index (χ0n) is 14.8. The number of pyridine rings is 1. The first-order valence-corrected chi connectivity index (χ1v) is 8.48. The van der Waals surface area contributed by atoms with Crippen molar-refractivity contribution in [3.63, 3.8) is 0 Å². The van der Waals surface area contributed by atoms with E-state index < -0.39 is 0 Å². The molecular formula is C19H21N5O2. The van der Waals surface area contributed by atoms with Crippen LogP contribution in [0.2, 0.25) is 0 Å². The van der Waals surface area contributed by atoms with Crippen molar-refractivity contribution < 1.29 is 9.53 Å². The molecule has 2 aromatic heterocycles. The Morgan fingerprint density at radius 1 is 1.23 bits per heavy atom. The third kappa shape index (κ3) is 4.24. The molecule has 0 aliphatic carbocycles. The number of benzene rings is 1. The molecule has 26 heavy (non-hydrogen) atoms. The Bertz CT molecular complexity index is 849. The van der Waals surface area contributed by atoms with E-state index in [0.29, 0.717) is 18.1 Å². The van der Waals surface area contributed by atoms with Gasteiger partial charge in [0.15, 0.2) is 11.6 Å². The summed E-state index contributed by atoms with van der Waals surface area (Å²) in [6.07, 6.45) is 4.10. The van der Waals surface area contributed by atoms with Crippen LogP contribution in [0.1, 0.15) is 38.0 Å². The molecule has 7 nitrogen and oxygen atoms in total. The molecule has 0 saturated heterocycles. The van der Waals surface area contributed by atoms with E-state index in [4.69, 9.17) is 4.74 Å². The predicted octanol–water partition coefficient (Wildman–Crippen LogP) is 2.83. The van der Waals surface area contributed by atoms with Gasteiger partial charge in [0.25, 0.3) is 0 Å². The second-order valence-corrected chi connectivity index (χ2v) is 5.77. The summed E-state index contributed by atoms with van der Waals surface area (Å²) in [5.74, 6) is 1.83. The van der Waals surface area contributed by atoms with Crippen LogP contribution in [0.15, 0.2) is 54.9 Å². The second-order valence-electron chi connectivity index (χ2n) is 5.77. The van der Waals surface area contributed by atoms with Crippen molar-refractivity contribution in [2.75, 3.05) is 0 Å². The van der Waals surface area contributed by atoms with E-state index in [9.17, 15) is 4.79 Å². The summed E-state index contributed by atoms with van der Waals surface area (Å²) in [5, 5.41) is 7.48. The number of aromatic nitrogens is 4. The van der Waals surface area contributed by atoms with Crippen molar-refractivity contribution in [2.24, 2.45) is 0 Å². The molecule has 0 radical (unpaired) electrons. The first-order valence-electron chi connectivity index (χ1n) is 8.48. The summed E-state index contributed by atoms with van der Waals surface area (Å²) >= 11 is 0. The molecule has 2 heterocycles. The average Bonchev–Trinajstić information content (AvgIpc) is 3.10. The van der Waals surface area contributed by atoms with E-state index in [1.165, 1.54) is 6.92 Å². The van der Waals surface area contributed by atoms with E-state index >= 15 is 0 Å². The number of carbonyl (C=O) groups is 1. The SMILES string of the molecule is CCC(NC(C)=O)c1nc(COc2ccccc2)nn1-c1cccnc1. The van der Waals surface area contributed by atoms with Crippen LogP contribution in [0.3, 0.4) is 0 Å². The van der Waals surface area contributed by atoms with Crippen LogP contribution in [0.4, 0.5) is 0 Å². The lowest BCUT2D eigenvalue weighted by Crippen LogP contribution is -2.28. The maximum atomic E-state index is 11.5. The molecule has 0 aliphatic heterocycles. The van der Waals surface area contributed by atoms with Crippen molar-refractivity contribution in [2.45, 2.75) is 32.9 Å². The highest BCUT2D eigenvalue weighted by atomic mass is 16.5. The van der Waals surface area contributed by atoms with Crippen molar-refractivity contribution in [3.8, 4) is 11.4 Å². The first kappa shape index (κ1) is 17.6. The van der Waals surface area contributed by atoms with E-state index in [0.717, 1.165) is 11.4 Å². The molecule has 0 saturated carbocycles. The molecule has 134 valence electrons. The lowest BCUT2D eigenvalue weighted by atomic mass is 10.2. The molecule has 0 aliphatic rings. The van der Waals surface area contributed by atoms with Crippen molar-refractivity contribution in [1.29, 1.82) is 0 Å². The van der Waals surface area contributed by atoms with Gasteiger partial charge in [-0.25, -0.2) is 9.67 Å². The second kappa shape index (κ2) is 8.24. The van der Waals surface area contributed by atoms with Gasteiger partial charge < -0.3 is 10.1 Å². The quantitative estimate of drug-likeness (QED) is 0.708. The van der Waals surface area contributed by atoms with Crippen LogP contribution in [0.25, 0.3) is 5.69 Å². The zero-order valence-corrected chi connectivity index (χ0v) is 14.8. The van der Waals surface area contributed by atoms with Crippen LogP contribution in [-0.2, 0) is 11.4 Å². The van der Waals surface area contributed by atoms with Crippen LogP contribution >= 0.6 is 0 Å². The number of rotatable bonds is 7. The van der Waals surface area contributed by atoms with Gasteiger partial charge in [0.1, 0.15) is 12.4 Å². The summed E-state index contributed by atoms with van der Waals surface area (Å²) in [4.78, 5) is 20.3. The fraction of sp³-hybridized carbons (Fsp3) is 0.263. The summed E-state index contributed by atoms with van der Waals surface area (Å²) in [6, 6.07) is 13.0. The third-order valence-corrected chi connectivity index (χ3v) is 3.78. The molecule has 3 aromatic rings. The Morgan fingerprint density at radius 3 is 2.69 bits per heavy atom. The standard InChI is InChI=1S/C19H21N5O2/c1-3-17(21-14(2)25)19-22-18(13-26-16-9-5-4-6-10-16)23-24(19)15-8-7-11-20-12-15/h4-12,17H,3,13H2,1-2H3,(H,21,25). The van der Waals surface area contributed by atoms with Gasteiger partial charge in [0, 0.05) is 13.1 Å². The van der Waals surface area contributed by atoms with Crippen LogP contribution < -0.4 is 10.1 Å². The summed E-state index contributed by atoms with van der Waals surface area (Å²) in [7, 11) is 0. The van der Waals surface area contributed by atoms with E-state index in [2.05, 4.69) is 20.4 Å². The highest BCUT2D eigenvalue weighted by Crippen LogP contribution is 2.19. The van der Waals surface area contributed by atoms with Gasteiger partial charge in [-0.15, -0.1) is 5.10 Å². The van der Waals surface area contributed by atoms with E-state index in [-0.39, 0.29) is 18.6 Å². The molecule has 0 bridgehead atoms. The minimum Gasteiger partial charge on any atom is -0.486 e. The van der Waals surface area contributed by atoms with Gasteiger partial charge in [0.05, 0.1) is 17.9 Å². The molecule has 1 unspecified atom stereocenters. The third-order valence-electron chi connectivity index (χ3n) is 3.78. The number of para-hydroxylation sites is 1. The first-order chi connectivity index (χ1) is 12.7. The summed E-state index contributed by atoms with van der Waals surface area (Å²) in [6.45, 7) is 3.72. The van der Waals surface area contributed by atoms with Crippen molar-refractivity contribution in [3.05, 3.63) is 66.5 Å². The van der Waals surface area contributed by atoms with Gasteiger partial charge in [-0.1, -0.05) is 25.1 Å².